The summed E-state index contributed by atoms with van der Waals surface area (Å²) in [4.78, 5) is 8.68. The van der Waals surface area contributed by atoms with Gasteiger partial charge >= 0.3 is 0 Å². The van der Waals surface area contributed by atoms with Crippen LogP contribution in [0.3, 0.4) is 0 Å². The standard InChI is InChI=1S/C22H21N5/c1-2-11-24-22(9-1)27-21-8-4-7-20(19(21)15-26-27)25-14-17-6-3-5-16-13-23-12-10-18(16)17/h1-3,5-6,9-13,15,20,25H,4,7-8,14H2/t20-/m1/s1. The van der Waals surface area contributed by atoms with Gasteiger partial charge in [0.25, 0.3) is 0 Å². The van der Waals surface area contributed by atoms with Crippen LogP contribution in [-0.2, 0) is 13.0 Å². The molecule has 0 bridgehead atoms. The van der Waals surface area contributed by atoms with E-state index in [1.54, 1.807) is 0 Å². The lowest BCUT2D eigenvalue weighted by Gasteiger charge is -2.24. The highest BCUT2D eigenvalue weighted by molar-refractivity contribution is 5.84. The highest BCUT2D eigenvalue weighted by Gasteiger charge is 2.24. The fourth-order valence-corrected chi connectivity index (χ4v) is 4.02. The summed E-state index contributed by atoms with van der Waals surface area (Å²) in [6.07, 6.45) is 10.9. The molecule has 0 unspecified atom stereocenters. The number of nitrogens with one attached hydrogen (secondary N) is 1. The highest BCUT2D eigenvalue weighted by Crippen LogP contribution is 2.31. The zero-order valence-corrected chi connectivity index (χ0v) is 15.0. The van der Waals surface area contributed by atoms with E-state index in [9.17, 15) is 0 Å². The number of nitrogens with zero attached hydrogens (tertiary/aromatic N) is 4. The Morgan fingerprint density at radius 2 is 2.04 bits per heavy atom. The molecule has 0 aliphatic heterocycles. The molecular formula is C22H21N5. The number of benzene rings is 1. The van der Waals surface area contributed by atoms with Crippen LogP contribution in [0.5, 0.6) is 0 Å². The van der Waals surface area contributed by atoms with Crippen molar-refractivity contribution < 1.29 is 0 Å². The first-order chi connectivity index (χ1) is 13.4. The zero-order chi connectivity index (χ0) is 18.1. The first kappa shape index (κ1) is 16.1. The van der Waals surface area contributed by atoms with Gasteiger partial charge in [0, 0.05) is 42.1 Å². The maximum absolute atomic E-state index is 4.63. The molecule has 0 amide bonds. The first-order valence-electron chi connectivity index (χ1n) is 9.43. The predicted molar refractivity (Wildman–Crippen MR) is 106 cm³/mol. The van der Waals surface area contributed by atoms with Crippen LogP contribution in [0.15, 0.2) is 67.3 Å². The molecule has 1 N–H and O–H groups in total. The van der Waals surface area contributed by atoms with E-state index in [0.717, 1.165) is 31.6 Å². The minimum absolute atomic E-state index is 0.323. The van der Waals surface area contributed by atoms with Gasteiger partial charge in [0.2, 0.25) is 0 Å². The number of pyridine rings is 2. The highest BCUT2D eigenvalue weighted by atomic mass is 15.3. The second-order valence-electron chi connectivity index (χ2n) is 6.99. The predicted octanol–water partition coefficient (Wildman–Crippen LogP) is 3.98. The van der Waals surface area contributed by atoms with Gasteiger partial charge in [0.1, 0.15) is 0 Å². The lowest BCUT2D eigenvalue weighted by Crippen LogP contribution is -2.25. The molecule has 3 aromatic heterocycles. The molecule has 4 aromatic rings. The van der Waals surface area contributed by atoms with Gasteiger partial charge in [-0.2, -0.15) is 5.10 Å². The summed E-state index contributed by atoms with van der Waals surface area (Å²) >= 11 is 0. The van der Waals surface area contributed by atoms with Gasteiger partial charge in [-0.05, 0) is 48.4 Å². The third kappa shape index (κ3) is 3.00. The van der Waals surface area contributed by atoms with E-state index in [1.807, 2.05) is 47.7 Å². The monoisotopic (exact) mass is 355 g/mol. The Morgan fingerprint density at radius 3 is 2.96 bits per heavy atom. The number of fused-ring (bicyclic) bond motifs is 2. The summed E-state index contributed by atoms with van der Waals surface area (Å²) in [5.41, 5.74) is 3.88. The maximum Gasteiger partial charge on any atom is 0.153 e. The molecule has 1 aliphatic rings. The lowest BCUT2D eigenvalue weighted by atomic mass is 9.92. The minimum Gasteiger partial charge on any atom is -0.306 e. The number of rotatable bonds is 4. The Morgan fingerprint density at radius 1 is 1.04 bits per heavy atom. The molecule has 5 rings (SSSR count). The van der Waals surface area contributed by atoms with Gasteiger partial charge in [-0.1, -0.05) is 24.3 Å². The second-order valence-corrected chi connectivity index (χ2v) is 6.99. The van der Waals surface area contributed by atoms with E-state index in [4.69, 9.17) is 0 Å². The molecule has 3 heterocycles. The Kier molecular flexibility index (Phi) is 4.14. The Labute approximate surface area is 158 Å². The quantitative estimate of drug-likeness (QED) is 0.601. The third-order valence-electron chi connectivity index (χ3n) is 5.36. The minimum atomic E-state index is 0.323. The van der Waals surface area contributed by atoms with Crippen LogP contribution >= 0.6 is 0 Å². The van der Waals surface area contributed by atoms with E-state index < -0.39 is 0 Å². The number of aromatic nitrogens is 4. The maximum atomic E-state index is 4.63. The first-order valence-corrected chi connectivity index (χ1v) is 9.43. The molecule has 1 aromatic carbocycles. The average Bonchev–Trinajstić information content (AvgIpc) is 3.17. The Bertz CT molecular complexity index is 1070. The molecule has 134 valence electrons. The summed E-state index contributed by atoms with van der Waals surface area (Å²) in [5.74, 6) is 0.890. The van der Waals surface area contributed by atoms with E-state index >= 15 is 0 Å². The SMILES string of the molecule is c1ccc(-n2ncc3c2CCC[C@H]3NCc2cccc3cnccc23)nc1. The molecule has 1 aliphatic carbocycles. The number of hydrogen-bond donors (Lipinski definition) is 1. The Hall–Kier alpha value is -3.05. The van der Waals surface area contributed by atoms with Crippen LogP contribution in [0.4, 0.5) is 0 Å². The second kappa shape index (κ2) is 6.93. The lowest BCUT2D eigenvalue weighted by molar-refractivity contribution is 0.455. The van der Waals surface area contributed by atoms with Crippen LogP contribution in [-0.4, -0.2) is 19.7 Å². The fraction of sp³-hybridized carbons (Fsp3) is 0.227. The molecule has 1 atom stereocenters. The van der Waals surface area contributed by atoms with Gasteiger partial charge in [0.15, 0.2) is 5.82 Å². The van der Waals surface area contributed by atoms with Crippen molar-refractivity contribution in [2.75, 3.05) is 0 Å². The van der Waals surface area contributed by atoms with Crippen LogP contribution < -0.4 is 5.32 Å². The third-order valence-corrected chi connectivity index (χ3v) is 5.36. The number of hydrogen-bond acceptors (Lipinski definition) is 4. The van der Waals surface area contributed by atoms with E-state index in [0.29, 0.717) is 6.04 Å². The summed E-state index contributed by atoms with van der Waals surface area (Å²) < 4.78 is 1.99. The molecular weight excluding hydrogens is 334 g/mol. The van der Waals surface area contributed by atoms with Crippen molar-refractivity contribution in [1.82, 2.24) is 25.1 Å². The fourth-order valence-electron chi connectivity index (χ4n) is 4.02. The molecule has 0 fully saturated rings. The van der Waals surface area contributed by atoms with Crippen molar-refractivity contribution >= 4 is 10.8 Å². The van der Waals surface area contributed by atoms with Crippen LogP contribution in [0, 0.1) is 0 Å². The summed E-state index contributed by atoms with van der Waals surface area (Å²) in [7, 11) is 0. The largest absolute Gasteiger partial charge is 0.306 e. The molecule has 0 saturated heterocycles. The van der Waals surface area contributed by atoms with Crippen LogP contribution in [0.1, 0.15) is 35.7 Å². The van der Waals surface area contributed by atoms with Gasteiger partial charge in [-0.3, -0.25) is 4.98 Å². The van der Waals surface area contributed by atoms with E-state index in [2.05, 4.69) is 44.6 Å². The van der Waals surface area contributed by atoms with Crippen molar-refractivity contribution in [3.05, 3.63) is 84.1 Å². The van der Waals surface area contributed by atoms with Crippen molar-refractivity contribution in [3.63, 3.8) is 0 Å². The average molecular weight is 355 g/mol. The molecule has 0 saturated carbocycles. The van der Waals surface area contributed by atoms with Crippen LogP contribution in [0.25, 0.3) is 16.6 Å². The zero-order valence-electron chi connectivity index (χ0n) is 15.0. The summed E-state index contributed by atoms with van der Waals surface area (Å²) in [5, 5.41) is 10.8. The topological polar surface area (TPSA) is 55.6 Å². The summed E-state index contributed by atoms with van der Waals surface area (Å²) in [6, 6.07) is 14.8. The van der Waals surface area contributed by atoms with Gasteiger partial charge in [0.05, 0.1) is 11.9 Å². The molecule has 0 radical (unpaired) electrons. The van der Waals surface area contributed by atoms with Gasteiger partial charge in [-0.15, -0.1) is 0 Å². The van der Waals surface area contributed by atoms with Crippen molar-refractivity contribution in [2.24, 2.45) is 0 Å². The smallest absolute Gasteiger partial charge is 0.153 e. The normalized spacial score (nSPS) is 16.4. The Balaban J connectivity index is 1.41. The van der Waals surface area contributed by atoms with Crippen molar-refractivity contribution in [2.45, 2.75) is 31.8 Å². The molecule has 5 nitrogen and oxygen atoms in total. The van der Waals surface area contributed by atoms with E-state index in [-0.39, 0.29) is 0 Å². The van der Waals surface area contributed by atoms with Crippen LogP contribution in [0.2, 0.25) is 0 Å². The molecule has 0 spiro atoms. The summed E-state index contributed by atoms with van der Waals surface area (Å²) in [6.45, 7) is 0.834. The van der Waals surface area contributed by atoms with Gasteiger partial charge < -0.3 is 5.32 Å². The van der Waals surface area contributed by atoms with E-state index in [1.165, 1.54) is 27.6 Å². The molecule has 5 heteroatoms. The van der Waals surface area contributed by atoms with Crippen molar-refractivity contribution in [3.8, 4) is 5.82 Å². The van der Waals surface area contributed by atoms with Gasteiger partial charge in [-0.25, -0.2) is 9.67 Å². The molecule has 27 heavy (non-hydrogen) atoms. The van der Waals surface area contributed by atoms with Crippen molar-refractivity contribution in [1.29, 1.82) is 0 Å².